The van der Waals surface area contributed by atoms with E-state index in [1.54, 1.807) is 6.07 Å². The fourth-order valence-corrected chi connectivity index (χ4v) is 1.74. The Morgan fingerprint density at radius 1 is 1.15 bits per heavy atom. The lowest BCUT2D eigenvalue weighted by molar-refractivity contribution is -0.136. The molecule has 110 valence electrons. The smallest absolute Gasteiger partial charge is 0.313 e. The van der Waals surface area contributed by atoms with Gasteiger partial charge in [-0.05, 0) is 58.1 Å². The number of rotatable bonds is 5. The molecule has 0 saturated carbocycles. The third-order valence-electron chi connectivity index (χ3n) is 3.13. The highest BCUT2D eigenvalue weighted by Crippen LogP contribution is 2.17. The van der Waals surface area contributed by atoms with Crippen LogP contribution < -0.4 is 10.6 Å². The molecule has 0 spiro atoms. The van der Waals surface area contributed by atoms with Crippen molar-refractivity contribution in [3.63, 3.8) is 0 Å². The lowest BCUT2D eigenvalue weighted by Gasteiger charge is -2.11. The summed E-state index contributed by atoms with van der Waals surface area (Å²) in [6.07, 6.45) is 0.815. The van der Waals surface area contributed by atoms with Gasteiger partial charge in [-0.25, -0.2) is 0 Å². The molecule has 0 aliphatic rings. The van der Waals surface area contributed by atoms with Gasteiger partial charge in [0.1, 0.15) is 0 Å². The van der Waals surface area contributed by atoms with E-state index in [0.29, 0.717) is 12.2 Å². The van der Waals surface area contributed by atoms with Crippen molar-refractivity contribution in [2.75, 3.05) is 32.5 Å². The van der Waals surface area contributed by atoms with Crippen LogP contribution in [0, 0.1) is 13.8 Å². The first-order valence-corrected chi connectivity index (χ1v) is 6.72. The van der Waals surface area contributed by atoms with Gasteiger partial charge in [0.15, 0.2) is 0 Å². The molecule has 2 N–H and O–H groups in total. The largest absolute Gasteiger partial charge is 0.348 e. The summed E-state index contributed by atoms with van der Waals surface area (Å²) in [5, 5.41) is 5.25. The Kier molecular flexibility index (Phi) is 6.18. The molecule has 1 aromatic carbocycles. The summed E-state index contributed by atoms with van der Waals surface area (Å²) in [5.74, 6) is -1.21. The molecule has 0 atom stereocenters. The van der Waals surface area contributed by atoms with Crippen molar-refractivity contribution >= 4 is 17.5 Å². The molecule has 1 rings (SSSR count). The Morgan fingerprint density at radius 3 is 2.50 bits per heavy atom. The van der Waals surface area contributed by atoms with Crippen LogP contribution in [-0.2, 0) is 9.59 Å². The highest BCUT2D eigenvalue weighted by atomic mass is 16.2. The molecule has 0 radical (unpaired) electrons. The van der Waals surface area contributed by atoms with Gasteiger partial charge in [0.05, 0.1) is 0 Å². The second kappa shape index (κ2) is 7.65. The van der Waals surface area contributed by atoms with Crippen LogP contribution in [0.3, 0.4) is 0 Å². The van der Waals surface area contributed by atoms with Crippen LogP contribution in [0.25, 0.3) is 0 Å². The molecule has 0 saturated heterocycles. The lowest BCUT2D eigenvalue weighted by Crippen LogP contribution is -2.36. The number of nitrogens with zero attached hydrogens (tertiary/aromatic N) is 1. The van der Waals surface area contributed by atoms with Crippen LogP contribution in [-0.4, -0.2) is 43.9 Å². The van der Waals surface area contributed by atoms with E-state index in [1.165, 1.54) is 0 Å². The number of carbonyl (C=O) groups is 2. The SMILES string of the molecule is Cc1cccc(NC(=O)C(=O)NCCCN(C)C)c1C. The minimum atomic E-state index is -0.622. The quantitative estimate of drug-likeness (QED) is 0.630. The maximum Gasteiger partial charge on any atom is 0.313 e. The number of nitrogens with one attached hydrogen (secondary N) is 2. The maximum absolute atomic E-state index is 11.8. The molecule has 0 aliphatic heterocycles. The highest BCUT2D eigenvalue weighted by Gasteiger charge is 2.14. The first-order valence-electron chi connectivity index (χ1n) is 6.72. The van der Waals surface area contributed by atoms with Crippen LogP contribution in [0.5, 0.6) is 0 Å². The summed E-state index contributed by atoms with van der Waals surface area (Å²) in [7, 11) is 3.93. The van der Waals surface area contributed by atoms with Crippen molar-refractivity contribution in [2.24, 2.45) is 0 Å². The van der Waals surface area contributed by atoms with E-state index in [1.807, 2.05) is 45.0 Å². The zero-order chi connectivity index (χ0) is 15.1. The van der Waals surface area contributed by atoms with Crippen LogP contribution in [0.15, 0.2) is 18.2 Å². The highest BCUT2D eigenvalue weighted by molar-refractivity contribution is 6.39. The van der Waals surface area contributed by atoms with Gasteiger partial charge < -0.3 is 15.5 Å². The van der Waals surface area contributed by atoms with E-state index in [0.717, 1.165) is 24.1 Å². The van der Waals surface area contributed by atoms with E-state index in [9.17, 15) is 9.59 Å². The van der Waals surface area contributed by atoms with Crippen molar-refractivity contribution in [3.05, 3.63) is 29.3 Å². The molecule has 0 heterocycles. The lowest BCUT2D eigenvalue weighted by atomic mass is 10.1. The standard InChI is InChI=1S/C15H23N3O2/c1-11-7-5-8-13(12(11)2)17-15(20)14(19)16-9-6-10-18(3)4/h5,7-8H,6,9-10H2,1-4H3,(H,16,19)(H,17,20). The summed E-state index contributed by atoms with van der Waals surface area (Å²) in [6.45, 7) is 5.25. The summed E-state index contributed by atoms with van der Waals surface area (Å²) in [5.41, 5.74) is 2.73. The number of benzene rings is 1. The van der Waals surface area contributed by atoms with Crippen LogP contribution in [0.4, 0.5) is 5.69 Å². The average molecular weight is 277 g/mol. The van der Waals surface area contributed by atoms with E-state index in [-0.39, 0.29) is 0 Å². The van der Waals surface area contributed by atoms with E-state index >= 15 is 0 Å². The van der Waals surface area contributed by atoms with Gasteiger partial charge in [0.2, 0.25) is 0 Å². The summed E-state index contributed by atoms with van der Waals surface area (Å²) in [4.78, 5) is 25.5. The van der Waals surface area contributed by atoms with Crippen molar-refractivity contribution < 1.29 is 9.59 Å². The molecule has 2 amide bonds. The molecular weight excluding hydrogens is 254 g/mol. The third kappa shape index (κ3) is 5.01. The Morgan fingerprint density at radius 2 is 1.85 bits per heavy atom. The number of hydrogen-bond donors (Lipinski definition) is 2. The molecule has 0 aliphatic carbocycles. The van der Waals surface area contributed by atoms with E-state index in [4.69, 9.17) is 0 Å². The summed E-state index contributed by atoms with van der Waals surface area (Å²) < 4.78 is 0. The predicted octanol–water partition coefficient (Wildman–Crippen LogP) is 1.31. The number of carbonyl (C=O) groups excluding carboxylic acids is 2. The zero-order valence-corrected chi connectivity index (χ0v) is 12.6. The third-order valence-corrected chi connectivity index (χ3v) is 3.13. The molecule has 1 aromatic rings. The molecule has 0 unspecified atom stereocenters. The van der Waals surface area contributed by atoms with Gasteiger partial charge in [0.25, 0.3) is 0 Å². The van der Waals surface area contributed by atoms with E-state index < -0.39 is 11.8 Å². The zero-order valence-electron chi connectivity index (χ0n) is 12.6. The monoisotopic (exact) mass is 277 g/mol. The van der Waals surface area contributed by atoms with Crippen LogP contribution in [0.2, 0.25) is 0 Å². The fourth-order valence-electron chi connectivity index (χ4n) is 1.74. The number of amides is 2. The topological polar surface area (TPSA) is 61.4 Å². The second-order valence-corrected chi connectivity index (χ2v) is 5.11. The fraction of sp³-hybridized carbons (Fsp3) is 0.467. The molecular formula is C15H23N3O2. The van der Waals surface area contributed by atoms with Crippen LogP contribution in [0.1, 0.15) is 17.5 Å². The maximum atomic E-state index is 11.8. The average Bonchev–Trinajstić information content (AvgIpc) is 2.39. The van der Waals surface area contributed by atoms with Crippen molar-refractivity contribution in [1.82, 2.24) is 10.2 Å². The Hall–Kier alpha value is -1.88. The first-order chi connectivity index (χ1) is 9.41. The molecule has 0 bridgehead atoms. The number of anilines is 1. The van der Waals surface area contributed by atoms with Crippen molar-refractivity contribution in [1.29, 1.82) is 0 Å². The van der Waals surface area contributed by atoms with Crippen molar-refractivity contribution in [3.8, 4) is 0 Å². The van der Waals surface area contributed by atoms with Crippen LogP contribution >= 0.6 is 0 Å². The first kappa shape index (κ1) is 16.2. The summed E-state index contributed by atoms with van der Waals surface area (Å²) in [6, 6.07) is 5.61. The molecule has 5 heteroatoms. The normalized spacial score (nSPS) is 10.4. The Balaban J connectivity index is 2.46. The second-order valence-electron chi connectivity index (χ2n) is 5.11. The van der Waals surface area contributed by atoms with Gasteiger partial charge in [-0.15, -0.1) is 0 Å². The minimum absolute atomic E-state index is 0.497. The molecule has 0 fully saturated rings. The minimum Gasteiger partial charge on any atom is -0.348 e. The number of aryl methyl sites for hydroxylation is 1. The van der Waals surface area contributed by atoms with Gasteiger partial charge in [-0.2, -0.15) is 0 Å². The molecule has 20 heavy (non-hydrogen) atoms. The Bertz CT molecular complexity index is 484. The molecule has 5 nitrogen and oxygen atoms in total. The number of hydrogen-bond acceptors (Lipinski definition) is 3. The van der Waals surface area contributed by atoms with Gasteiger partial charge >= 0.3 is 11.8 Å². The molecule has 0 aromatic heterocycles. The predicted molar refractivity (Wildman–Crippen MR) is 80.7 cm³/mol. The van der Waals surface area contributed by atoms with Gasteiger partial charge in [0, 0.05) is 12.2 Å². The summed E-state index contributed by atoms with van der Waals surface area (Å²) >= 11 is 0. The van der Waals surface area contributed by atoms with Gasteiger partial charge in [-0.1, -0.05) is 12.1 Å². The van der Waals surface area contributed by atoms with Crippen molar-refractivity contribution in [2.45, 2.75) is 20.3 Å². The Labute approximate surface area is 120 Å². The van der Waals surface area contributed by atoms with E-state index in [2.05, 4.69) is 10.6 Å². The van der Waals surface area contributed by atoms with Gasteiger partial charge in [-0.3, -0.25) is 9.59 Å².